The topological polar surface area (TPSA) is 65.4 Å². The molecular formula is C11H19N3O2. The van der Waals surface area contributed by atoms with Gasteiger partial charge in [-0.15, -0.1) is 0 Å². The smallest absolute Gasteiger partial charge is 0.407 e. The van der Waals surface area contributed by atoms with Gasteiger partial charge in [-0.3, -0.25) is 0 Å². The molecule has 0 spiro atoms. The summed E-state index contributed by atoms with van der Waals surface area (Å²) in [7, 11) is 1.93. The third-order valence-electron chi connectivity index (χ3n) is 2.37. The van der Waals surface area contributed by atoms with Crippen molar-refractivity contribution in [3.05, 3.63) is 0 Å². The van der Waals surface area contributed by atoms with Crippen LogP contribution in [0.15, 0.2) is 0 Å². The highest BCUT2D eigenvalue weighted by Gasteiger charge is 2.33. The highest BCUT2D eigenvalue weighted by Crippen LogP contribution is 2.15. The first-order valence-electron chi connectivity index (χ1n) is 5.39. The minimum Gasteiger partial charge on any atom is -0.444 e. The first-order valence-corrected chi connectivity index (χ1v) is 5.39. The van der Waals surface area contributed by atoms with Crippen LogP contribution in [0.1, 0.15) is 20.8 Å². The molecule has 0 aromatic heterocycles. The largest absolute Gasteiger partial charge is 0.444 e. The quantitative estimate of drug-likeness (QED) is 0.722. The van der Waals surface area contributed by atoms with Gasteiger partial charge in [0.25, 0.3) is 0 Å². The Labute approximate surface area is 96.4 Å². The summed E-state index contributed by atoms with van der Waals surface area (Å²) in [5.74, 6) is -0.155. The molecule has 2 atom stereocenters. The molecule has 0 aromatic rings. The second-order valence-corrected chi connectivity index (χ2v) is 5.21. The Balaban J connectivity index is 2.48. The van der Waals surface area contributed by atoms with Gasteiger partial charge >= 0.3 is 6.09 Å². The number of likely N-dealkylation sites (N-methyl/N-ethyl adjacent to an activating group) is 1. The van der Waals surface area contributed by atoms with Crippen LogP contribution < -0.4 is 5.32 Å². The Morgan fingerprint density at radius 3 is 2.62 bits per heavy atom. The molecule has 90 valence electrons. The number of ether oxygens (including phenoxy) is 1. The number of hydrogen-bond acceptors (Lipinski definition) is 4. The van der Waals surface area contributed by atoms with E-state index in [9.17, 15) is 4.79 Å². The molecule has 0 aliphatic carbocycles. The van der Waals surface area contributed by atoms with Crippen molar-refractivity contribution in [1.29, 1.82) is 5.26 Å². The van der Waals surface area contributed by atoms with Crippen molar-refractivity contribution in [2.45, 2.75) is 32.4 Å². The maximum atomic E-state index is 11.5. The number of likely N-dealkylation sites (tertiary alicyclic amines) is 1. The van der Waals surface area contributed by atoms with Crippen LogP contribution in [0.4, 0.5) is 4.79 Å². The van der Waals surface area contributed by atoms with Crippen molar-refractivity contribution in [2.24, 2.45) is 5.92 Å². The molecule has 1 heterocycles. The molecule has 0 unspecified atom stereocenters. The lowest BCUT2D eigenvalue weighted by Crippen LogP contribution is -2.42. The van der Waals surface area contributed by atoms with Gasteiger partial charge in [0.1, 0.15) is 5.60 Å². The molecule has 0 bridgehead atoms. The molecule has 1 N–H and O–H groups in total. The van der Waals surface area contributed by atoms with Gasteiger partial charge in [0.05, 0.1) is 18.0 Å². The van der Waals surface area contributed by atoms with E-state index in [1.54, 1.807) is 0 Å². The summed E-state index contributed by atoms with van der Waals surface area (Å²) in [4.78, 5) is 13.5. The number of hydrogen-bond donors (Lipinski definition) is 1. The minimum atomic E-state index is -0.503. The highest BCUT2D eigenvalue weighted by atomic mass is 16.6. The van der Waals surface area contributed by atoms with E-state index in [2.05, 4.69) is 11.4 Å². The van der Waals surface area contributed by atoms with Crippen LogP contribution in [-0.4, -0.2) is 42.8 Å². The Morgan fingerprint density at radius 2 is 2.12 bits per heavy atom. The van der Waals surface area contributed by atoms with Gasteiger partial charge in [0.15, 0.2) is 0 Å². The predicted octanol–water partition coefficient (Wildman–Crippen LogP) is 0.965. The molecule has 1 amide bonds. The van der Waals surface area contributed by atoms with Crippen molar-refractivity contribution in [2.75, 3.05) is 20.1 Å². The molecule has 5 nitrogen and oxygen atoms in total. The van der Waals surface area contributed by atoms with E-state index in [1.165, 1.54) is 0 Å². The van der Waals surface area contributed by atoms with Crippen LogP contribution in [0.5, 0.6) is 0 Å². The van der Waals surface area contributed by atoms with Crippen molar-refractivity contribution >= 4 is 6.09 Å². The average molecular weight is 225 g/mol. The van der Waals surface area contributed by atoms with Gasteiger partial charge in [-0.25, -0.2) is 4.79 Å². The fraction of sp³-hybridized carbons (Fsp3) is 0.818. The number of rotatable bonds is 1. The lowest BCUT2D eigenvalue weighted by Gasteiger charge is -2.22. The third kappa shape index (κ3) is 3.70. The fourth-order valence-electron chi connectivity index (χ4n) is 1.74. The monoisotopic (exact) mass is 225 g/mol. The molecule has 1 fully saturated rings. The second kappa shape index (κ2) is 4.71. The number of alkyl carbamates (subject to hydrolysis) is 1. The van der Waals surface area contributed by atoms with Crippen LogP contribution in [0.3, 0.4) is 0 Å². The van der Waals surface area contributed by atoms with Crippen LogP contribution in [0.25, 0.3) is 0 Å². The summed E-state index contributed by atoms with van der Waals surface area (Å²) in [6, 6.07) is 2.07. The van der Waals surface area contributed by atoms with Gasteiger partial charge in [-0.05, 0) is 27.8 Å². The first kappa shape index (κ1) is 12.8. The lowest BCUT2D eigenvalue weighted by atomic mass is 10.1. The zero-order valence-electron chi connectivity index (χ0n) is 10.3. The van der Waals surface area contributed by atoms with Gasteiger partial charge in [-0.2, -0.15) is 5.26 Å². The van der Waals surface area contributed by atoms with Gasteiger partial charge in [-0.1, -0.05) is 0 Å². The minimum absolute atomic E-state index is 0.134. The number of carbonyl (C=O) groups is 1. The summed E-state index contributed by atoms with van der Waals surface area (Å²) in [6.07, 6.45) is -0.451. The van der Waals surface area contributed by atoms with Crippen LogP contribution in [0.2, 0.25) is 0 Å². The van der Waals surface area contributed by atoms with E-state index in [4.69, 9.17) is 10.00 Å². The number of nitrogens with one attached hydrogen (secondary N) is 1. The van der Waals surface area contributed by atoms with Crippen molar-refractivity contribution in [3.63, 3.8) is 0 Å². The Hall–Kier alpha value is -1.28. The van der Waals surface area contributed by atoms with E-state index < -0.39 is 11.7 Å². The standard InChI is InChI=1S/C11H19N3O2/c1-11(2,3)16-10(15)13-9-7-14(4)6-8(9)5-12/h8-9H,6-7H2,1-4H3,(H,13,15)/t8-,9-/m1/s1. The fourth-order valence-corrected chi connectivity index (χ4v) is 1.74. The summed E-state index contributed by atoms with van der Waals surface area (Å²) in [5.41, 5.74) is -0.503. The molecule has 1 aliphatic heterocycles. The maximum Gasteiger partial charge on any atom is 0.407 e. The number of amides is 1. The van der Waals surface area contributed by atoms with Crippen molar-refractivity contribution < 1.29 is 9.53 Å². The highest BCUT2D eigenvalue weighted by molar-refractivity contribution is 5.68. The molecule has 1 saturated heterocycles. The lowest BCUT2D eigenvalue weighted by molar-refractivity contribution is 0.0501. The van der Waals surface area contributed by atoms with E-state index >= 15 is 0 Å². The Morgan fingerprint density at radius 1 is 1.50 bits per heavy atom. The number of carbonyl (C=O) groups excluding carboxylic acids is 1. The summed E-state index contributed by atoms with van der Waals surface area (Å²) < 4.78 is 5.15. The molecule has 1 aliphatic rings. The molecule has 0 saturated carbocycles. The first-order chi connectivity index (χ1) is 7.31. The number of nitriles is 1. The molecule has 5 heteroatoms. The summed E-state index contributed by atoms with van der Waals surface area (Å²) in [6.45, 7) is 6.83. The molecule has 16 heavy (non-hydrogen) atoms. The van der Waals surface area contributed by atoms with E-state index in [0.29, 0.717) is 13.1 Å². The zero-order chi connectivity index (χ0) is 12.3. The summed E-state index contributed by atoms with van der Waals surface area (Å²) in [5, 5.41) is 11.7. The van der Waals surface area contributed by atoms with Crippen molar-refractivity contribution in [1.82, 2.24) is 10.2 Å². The van der Waals surface area contributed by atoms with Gasteiger partial charge < -0.3 is 15.0 Å². The van der Waals surface area contributed by atoms with E-state index in [0.717, 1.165) is 0 Å². The Kier molecular flexibility index (Phi) is 3.76. The second-order valence-electron chi connectivity index (χ2n) is 5.21. The van der Waals surface area contributed by atoms with Gasteiger partial charge in [0.2, 0.25) is 0 Å². The molecular weight excluding hydrogens is 206 g/mol. The molecule has 0 aromatic carbocycles. The Bertz CT molecular complexity index is 303. The number of nitrogens with zero attached hydrogens (tertiary/aromatic N) is 2. The van der Waals surface area contributed by atoms with E-state index in [-0.39, 0.29) is 12.0 Å². The maximum absolute atomic E-state index is 11.5. The summed E-state index contributed by atoms with van der Waals surface area (Å²) >= 11 is 0. The van der Waals surface area contributed by atoms with Crippen LogP contribution in [0, 0.1) is 17.2 Å². The van der Waals surface area contributed by atoms with E-state index in [1.807, 2.05) is 32.7 Å². The zero-order valence-corrected chi connectivity index (χ0v) is 10.3. The average Bonchev–Trinajstić information content (AvgIpc) is 2.42. The van der Waals surface area contributed by atoms with Crippen LogP contribution >= 0.6 is 0 Å². The molecule has 0 radical (unpaired) electrons. The predicted molar refractivity (Wildman–Crippen MR) is 59.8 cm³/mol. The third-order valence-corrected chi connectivity index (χ3v) is 2.37. The molecule has 1 rings (SSSR count). The van der Waals surface area contributed by atoms with Gasteiger partial charge in [0, 0.05) is 13.1 Å². The van der Waals surface area contributed by atoms with Crippen molar-refractivity contribution in [3.8, 4) is 6.07 Å². The van der Waals surface area contributed by atoms with Crippen LogP contribution in [-0.2, 0) is 4.74 Å². The normalized spacial score (nSPS) is 26.2. The SMILES string of the molecule is CN1C[C@@H](C#N)[C@H](NC(=O)OC(C)(C)C)C1.